The Hall–Kier alpha value is -0.570. The van der Waals surface area contributed by atoms with Crippen molar-refractivity contribution in [2.75, 3.05) is 26.7 Å². The van der Waals surface area contributed by atoms with Gasteiger partial charge in [-0.25, -0.2) is 0 Å². The van der Waals surface area contributed by atoms with Crippen LogP contribution in [0.3, 0.4) is 0 Å². The molecule has 0 bridgehead atoms. The monoisotopic (exact) mass is 187 g/mol. The van der Waals surface area contributed by atoms with Crippen LogP contribution in [0.1, 0.15) is 33.1 Å². The first-order valence-electron chi connectivity index (χ1n) is 5.04. The second kappa shape index (κ2) is 8.05. The van der Waals surface area contributed by atoms with Crippen LogP contribution in [-0.2, 0) is 9.53 Å². The van der Waals surface area contributed by atoms with E-state index < -0.39 is 0 Å². The van der Waals surface area contributed by atoms with Crippen LogP contribution in [0.4, 0.5) is 0 Å². The van der Waals surface area contributed by atoms with Crippen molar-refractivity contribution >= 4 is 5.97 Å². The zero-order valence-corrected chi connectivity index (χ0v) is 9.01. The minimum Gasteiger partial charge on any atom is -0.465 e. The van der Waals surface area contributed by atoms with Crippen LogP contribution in [0.25, 0.3) is 0 Å². The number of carbonyl (C=O) groups is 1. The molecule has 0 radical (unpaired) electrons. The van der Waals surface area contributed by atoms with E-state index in [9.17, 15) is 4.79 Å². The summed E-state index contributed by atoms with van der Waals surface area (Å²) in [5.74, 6) is -0.107. The Morgan fingerprint density at radius 2 is 2.00 bits per heavy atom. The molecule has 0 saturated carbocycles. The SMILES string of the molecule is CCCCOC(=O)CN(C)CCC. The van der Waals surface area contributed by atoms with Crippen LogP contribution in [0, 0.1) is 0 Å². The van der Waals surface area contributed by atoms with E-state index in [4.69, 9.17) is 4.74 Å². The van der Waals surface area contributed by atoms with E-state index in [1.165, 1.54) is 0 Å². The van der Waals surface area contributed by atoms with Crippen molar-refractivity contribution in [2.45, 2.75) is 33.1 Å². The molecule has 0 spiro atoms. The van der Waals surface area contributed by atoms with Gasteiger partial charge in [0.25, 0.3) is 0 Å². The van der Waals surface area contributed by atoms with Gasteiger partial charge in [0.15, 0.2) is 0 Å². The average Bonchev–Trinajstić information content (AvgIpc) is 2.05. The largest absolute Gasteiger partial charge is 0.465 e. The third-order valence-corrected chi connectivity index (χ3v) is 1.77. The highest BCUT2D eigenvalue weighted by Gasteiger charge is 2.05. The van der Waals surface area contributed by atoms with Gasteiger partial charge in [0, 0.05) is 0 Å². The number of rotatable bonds is 7. The molecular formula is C10H21NO2. The van der Waals surface area contributed by atoms with Crippen molar-refractivity contribution in [2.24, 2.45) is 0 Å². The maximum Gasteiger partial charge on any atom is 0.320 e. The predicted molar refractivity (Wildman–Crippen MR) is 53.7 cm³/mol. The summed E-state index contributed by atoms with van der Waals surface area (Å²) >= 11 is 0. The molecule has 78 valence electrons. The molecule has 0 unspecified atom stereocenters. The lowest BCUT2D eigenvalue weighted by atomic mass is 10.4. The Morgan fingerprint density at radius 1 is 1.31 bits per heavy atom. The van der Waals surface area contributed by atoms with Gasteiger partial charge in [-0.3, -0.25) is 9.69 Å². The van der Waals surface area contributed by atoms with Crippen LogP contribution in [0.15, 0.2) is 0 Å². The highest BCUT2D eigenvalue weighted by molar-refractivity contribution is 5.71. The van der Waals surface area contributed by atoms with Crippen molar-refractivity contribution in [1.82, 2.24) is 4.90 Å². The van der Waals surface area contributed by atoms with E-state index in [-0.39, 0.29) is 5.97 Å². The molecule has 3 heteroatoms. The van der Waals surface area contributed by atoms with Crippen LogP contribution in [-0.4, -0.2) is 37.6 Å². The van der Waals surface area contributed by atoms with Gasteiger partial charge in [0.2, 0.25) is 0 Å². The number of nitrogens with zero attached hydrogens (tertiary/aromatic N) is 1. The number of ether oxygens (including phenoxy) is 1. The Balaban J connectivity index is 3.38. The van der Waals surface area contributed by atoms with Crippen molar-refractivity contribution in [1.29, 1.82) is 0 Å². The summed E-state index contributed by atoms with van der Waals surface area (Å²) in [4.78, 5) is 13.1. The summed E-state index contributed by atoms with van der Waals surface area (Å²) < 4.78 is 5.02. The molecule has 0 amide bonds. The van der Waals surface area contributed by atoms with Gasteiger partial charge in [-0.05, 0) is 26.4 Å². The molecule has 0 aliphatic carbocycles. The Bertz CT molecular complexity index is 137. The lowest BCUT2D eigenvalue weighted by Crippen LogP contribution is -2.28. The van der Waals surface area contributed by atoms with E-state index in [1.807, 2.05) is 11.9 Å². The first kappa shape index (κ1) is 12.4. The van der Waals surface area contributed by atoms with E-state index >= 15 is 0 Å². The first-order chi connectivity index (χ1) is 6.20. The minimum atomic E-state index is -0.107. The average molecular weight is 187 g/mol. The van der Waals surface area contributed by atoms with Crippen molar-refractivity contribution in [3.05, 3.63) is 0 Å². The quantitative estimate of drug-likeness (QED) is 0.448. The molecule has 0 saturated heterocycles. The fourth-order valence-corrected chi connectivity index (χ4v) is 1.06. The number of hydrogen-bond donors (Lipinski definition) is 0. The molecule has 3 nitrogen and oxygen atoms in total. The molecule has 0 N–H and O–H groups in total. The molecule has 0 heterocycles. The second-order valence-electron chi connectivity index (χ2n) is 3.31. The predicted octanol–water partition coefficient (Wildman–Crippen LogP) is 1.67. The second-order valence-corrected chi connectivity index (χ2v) is 3.31. The van der Waals surface area contributed by atoms with Crippen LogP contribution in [0.2, 0.25) is 0 Å². The fraction of sp³-hybridized carbons (Fsp3) is 0.900. The maximum atomic E-state index is 11.1. The summed E-state index contributed by atoms with van der Waals surface area (Å²) in [6.45, 7) is 6.10. The Labute approximate surface area is 81.1 Å². The van der Waals surface area contributed by atoms with Crippen molar-refractivity contribution < 1.29 is 9.53 Å². The highest BCUT2D eigenvalue weighted by atomic mass is 16.5. The van der Waals surface area contributed by atoms with Crippen LogP contribution >= 0.6 is 0 Å². The van der Waals surface area contributed by atoms with Gasteiger partial charge in [0.1, 0.15) is 0 Å². The molecule has 0 aromatic heterocycles. The standard InChI is InChI=1S/C10H21NO2/c1-4-6-8-13-10(12)9-11(3)7-5-2/h4-9H2,1-3H3. The fourth-order valence-electron chi connectivity index (χ4n) is 1.06. The molecule has 0 aliphatic rings. The van der Waals surface area contributed by atoms with Gasteiger partial charge in [-0.1, -0.05) is 20.3 Å². The number of esters is 1. The van der Waals surface area contributed by atoms with Gasteiger partial charge >= 0.3 is 5.97 Å². The zero-order valence-electron chi connectivity index (χ0n) is 9.01. The van der Waals surface area contributed by atoms with E-state index in [1.54, 1.807) is 0 Å². The van der Waals surface area contributed by atoms with Gasteiger partial charge in [-0.15, -0.1) is 0 Å². The van der Waals surface area contributed by atoms with E-state index in [0.717, 1.165) is 25.8 Å². The van der Waals surface area contributed by atoms with Gasteiger partial charge in [-0.2, -0.15) is 0 Å². The summed E-state index contributed by atoms with van der Waals surface area (Å²) in [5, 5.41) is 0. The molecule has 13 heavy (non-hydrogen) atoms. The van der Waals surface area contributed by atoms with E-state index in [2.05, 4.69) is 13.8 Å². The number of likely N-dealkylation sites (N-methyl/N-ethyl adjacent to an activating group) is 1. The molecular weight excluding hydrogens is 166 g/mol. The maximum absolute atomic E-state index is 11.1. The van der Waals surface area contributed by atoms with Crippen LogP contribution in [0.5, 0.6) is 0 Å². The molecule has 0 aromatic rings. The normalized spacial score (nSPS) is 10.5. The third-order valence-electron chi connectivity index (χ3n) is 1.77. The molecule has 0 aromatic carbocycles. The molecule has 0 rings (SSSR count). The zero-order chi connectivity index (χ0) is 10.1. The van der Waals surface area contributed by atoms with Crippen molar-refractivity contribution in [3.8, 4) is 0 Å². The lowest BCUT2D eigenvalue weighted by Gasteiger charge is -2.13. The summed E-state index contributed by atoms with van der Waals surface area (Å²) in [7, 11) is 1.94. The summed E-state index contributed by atoms with van der Waals surface area (Å²) in [5.41, 5.74) is 0. The van der Waals surface area contributed by atoms with E-state index in [0.29, 0.717) is 13.2 Å². The van der Waals surface area contributed by atoms with Gasteiger partial charge < -0.3 is 4.74 Å². The number of carbonyl (C=O) groups excluding carboxylic acids is 1. The topological polar surface area (TPSA) is 29.5 Å². The number of unbranched alkanes of at least 4 members (excludes halogenated alkanes) is 1. The molecule has 0 aliphatic heterocycles. The minimum absolute atomic E-state index is 0.107. The van der Waals surface area contributed by atoms with Crippen molar-refractivity contribution in [3.63, 3.8) is 0 Å². The van der Waals surface area contributed by atoms with Crippen LogP contribution < -0.4 is 0 Å². The summed E-state index contributed by atoms with van der Waals surface area (Å²) in [6.07, 6.45) is 3.10. The molecule has 0 fully saturated rings. The summed E-state index contributed by atoms with van der Waals surface area (Å²) in [6, 6.07) is 0. The first-order valence-corrected chi connectivity index (χ1v) is 5.04. The Kier molecular flexibility index (Phi) is 7.69. The third kappa shape index (κ3) is 7.78. The highest BCUT2D eigenvalue weighted by Crippen LogP contribution is 1.91. The smallest absolute Gasteiger partial charge is 0.320 e. The van der Waals surface area contributed by atoms with Gasteiger partial charge in [0.05, 0.1) is 13.2 Å². The molecule has 0 atom stereocenters. The Morgan fingerprint density at radius 3 is 2.54 bits per heavy atom. The lowest BCUT2D eigenvalue weighted by molar-refractivity contribution is -0.144. The number of hydrogen-bond acceptors (Lipinski definition) is 3.